The first kappa shape index (κ1) is 20.6. The number of halogens is 3. The lowest BCUT2D eigenvalue weighted by Gasteiger charge is -2.33. The summed E-state index contributed by atoms with van der Waals surface area (Å²) in [5.74, 6) is 0.732. The van der Waals surface area contributed by atoms with Gasteiger partial charge in [-0.3, -0.25) is 0 Å². The number of piperidine rings is 1. The molecule has 3 aliphatic rings. The number of nitrogens with one attached hydrogen (secondary N) is 1. The van der Waals surface area contributed by atoms with E-state index in [4.69, 9.17) is 9.47 Å². The molecule has 2 aromatic rings. The van der Waals surface area contributed by atoms with E-state index >= 15 is 0 Å². The van der Waals surface area contributed by atoms with Crippen LogP contribution in [0.25, 0.3) is 11.1 Å². The summed E-state index contributed by atoms with van der Waals surface area (Å²) in [4.78, 5) is 0. The molecule has 5 rings (SSSR count). The van der Waals surface area contributed by atoms with E-state index in [-0.39, 0.29) is 23.4 Å². The van der Waals surface area contributed by atoms with E-state index in [9.17, 15) is 13.2 Å². The van der Waals surface area contributed by atoms with Crippen molar-refractivity contribution in [2.24, 2.45) is 0 Å². The fraction of sp³-hybridized carbons (Fsp3) is 0.500. The Kier molecular flexibility index (Phi) is 5.34. The molecule has 7 heteroatoms. The van der Waals surface area contributed by atoms with Crippen molar-refractivity contribution in [2.75, 3.05) is 19.7 Å². The molecule has 0 unspecified atom stereocenters. The molecule has 0 amide bonds. The maximum absolute atomic E-state index is 12.7. The van der Waals surface area contributed by atoms with Gasteiger partial charge < -0.3 is 19.5 Å². The summed E-state index contributed by atoms with van der Waals surface area (Å²) in [6.07, 6.45) is 0.511. The number of para-hydroxylation sites is 1. The number of rotatable bonds is 5. The van der Waals surface area contributed by atoms with Gasteiger partial charge in [0.1, 0.15) is 11.5 Å². The highest BCUT2D eigenvalue weighted by Gasteiger charge is 2.43. The predicted molar refractivity (Wildman–Crippen MR) is 110 cm³/mol. The molecule has 31 heavy (non-hydrogen) atoms. The maximum atomic E-state index is 12.7. The average molecular weight is 433 g/mol. The lowest BCUT2D eigenvalue weighted by Crippen LogP contribution is -2.45. The summed E-state index contributed by atoms with van der Waals surface area (Å²) >= 11 is 0. The van der Waals surface area contributed by atoms with E-state index in [0.29, 0.717) is 12.2 Å². The summed E-state index contributed by atoms with van der Waals surface area (Å²) in [5.41, 5.74) is 2.39. The van der Waals surface area contributed by atoms with Crippen LogP contribution in [0.3, 0.4) is 0 Å². The maximum Gasteiger partial charge on any atom is 0.573 e. The minimum absolute atomic E-state index is 0.129. The Balaban J connectivity index is 1.48. The summed E-state index contributed by atoms with van der Waals surface area (Å²) < 4.78 is 54.9. The van der Waals surface area contributed by atoms with Crippen molar-refractivity contribution >= 4 is 0 Å². The number of ether oxygens (including phenoxy) is 3. The lowest BCUT2D eigenvalue weighted by molar-refractivity contribution is -0.274. The van der Waals surface area contributed by atoms with Gasteiger partial charge in [0.25, 0.3) is 0 Å². The van der Waals surface area contributed by atoms with E-state index in [0.717, 1.165) is 62.1 Å². The van der Waals surface area contributed by atoms with E-state index in [2.05, 4.69) is 16.1 Å². The Morgan fingerprint density at radius 3 is 2.68 bits per heavy atom. The van der Waals surface area contributed by atoms with Crippen molar-refractivity contribution in [3.8, 4) is 22.6 Å². The summed E-state index contributed by atoms with van der Waals surface area (Å²) in [6, 6.07) is 12.0. The largest absolute Gasteiger partial charge is 0.573 e. The third kappa shape index (κ3) is 4.67. The molecule has 1 saturated carbocycles. The first-order chi connectivity index (χ1) is 14.9. The van der Waals surface area contributed by atoms with Gasteiger partial charge >= 0.3 is 6.36 Å². The summed E-state index contributed by atoms with van der Waals surface area (Å²) in [5, 5.41) is 3.45. The molecule has 2 aliphatic heterocycles. The molecule has 166 valence electrons. The smallest absolute Gasteiger partial charge is 0.489 e. The average Bonchev–Trinajstić information content (AvgIpc) is 3.47. The fourth-order valence-corrected chi connectivity index (χ4v) is 4.73. The Morgan fingerprint density at radius 2 is 1.94 bits per heavy atom. The van der Waals surface area contributed by atoms with Crippen molar-refractivity contribution in [3.63, 3.8) is 0 Å². The lowest BCUT2D eigenvalue weighted by atomic mass is 9.84. The van der Waals surface area contributed by atoms with Crippen molar-refractivity contribution in [2.45, 2.75) is 56.1 Å². The van der Waals surface area contributed by atoms with Crippen LogP contribution in [-0.2, 0) is 4.74 Å². The quantitative estimate of drug-likeness (QED) is 0.684. The van der Waals surface area contributed by atoms with Crippen LogP contribution in [0.5, 0.6) is 11.5 Å². The van der Waals surface area contributed by atoms with Gasteiger partial charge in [-0.2, -0.15) is 0 Å². The minimum Gasteiger partial charge on any atom is -0.489 e. The Bertz CT molecular complexity index is 936. The normalized spacial score (nSPS) is 26.2. The molecule has 0 bridgehead atoms. The van der Waals surface area contributed by atoms with Gasteiger partial charge in [-0.15, -0.1) is 13.2 Å². The summed E-state index contributed by atoms with van der Waals surface area (Å²) in [7, 11) is 0. The van der Waals surface area contributed by atoms with E-state index in [1.54, 1.807) is 12.1 Å². The molecule has 2 heterocycles. The van der Waals surface area contributed by atoms with Gasteiger partial charge in [-0.1, -0.05) is 30.3 Å². The highest BCUT2D eigenvalue weighted by molar-refractivity contribution is 5.73. The molecule has 2 aromatic carbocycles. The van der Waals surface area contributed by atoms with Crippen LogP contribution in [0.1, 0.15) is 43.6 Å². The molecule has 1 N–H and O–H groups in total. The van der Waals surface area contributed by atoms with Crippen LogP contribution in [0.2, 0.25) is 0 Å². The van der Waals surface area contributed by atoms with Gasteiger partial charge in [0, 0.05) is 23.6 Å². The Morgan fingerprint density at radius 1 is 1.10 bits per heavy atom. The molecule has 2 saturated heterocycles. The second kappa shape index (κ2) is 8.02. The SMILES string of the molecule is FC(F)(F)Oc1cccc(-c2cccc([C@H]3CO[C@]4(CCCNC4)C3)c2OC2CC2)c1. The molecule has 4 nitrogen and oxygen atoms in total. The minimum atomic E-state index is -4.72. The number of hydrogen-bond acceptors (Lipinski definition) is 4. The molecular formula is C24H26F3NO3. The molecule has 0 aromatic heterocycles. The van der Waals surface area contributed by atoms with Crippen LogP contribution in [0, 0.1) is 0 Å². The van der Waals surface area contributed by atoms with Gasteiger partial charge in [-0.25, -0.2) is 0 Å². The topological polar surface area (TPSA) is 39.7 Å². The standard InChI is InChI=1S/C24H26F3NO3/c25-24(26,27)31-19-5-1-4-16(12-19)20-6-2-7-21(22(20)30-18-8-9-18)17-13-23(29-14-17)10-3-11-28-15-23/h1-2,4-7,12,17-18,28H,3,8-11,13-15H2/t17-,23-/m1/s1. The number of hydrogen-bond donors (Lipinski definition) is 1. The molecule has 2 atom stereocenters. The van der Waals surface area contributed by atoms with Crippen LogP contribution < -0.4 is 14.8 Å². The molecule has 1 aliphatic carbocycles. The second-order valence-electron chi connectivity index (χ2n) is 8.79. The van der Waals surface area contributed by atoms with Crippen LogP contribution in [0.4, 0.5) is 13.2 Å². The number of alkyl halides is 3. The van der Waals surface area contributed by atoms with Gasteiger partial charge in [0.15, 0.2) is 0 Å². The van der Waals surface area contributed by atoms with E-state index < -0.39 is 6.36 Å². The highest BCUT2D eigenvalue weighted by Crippen LogP contribution is 2.47. The van der Waals surface area contributed by atoms with Crippen molar-refractivity contribution in [1.29, 1.82) is 0 Å². The zero-order valence-electron chi connectivity index (χ0n) is 17.2. The van der Waals surface area contributed by atoms with Gasteiger partial charge in [-0.05, 0) is 56.3 Å². The second-order valence-corrected chi connectivity index (χ2v) is 8.79. The van der Waals surface area contributed by atoms with Crippen LogP contribution in [-0.4, -0.2) is 37.8 Å². The highest BCUT2D eigenvalue weighted by atomic mass is 19.4. The van der Waals surface area contributed by atoms with E-state index in [1.165, 1.54) is 12.1 Å². The van der Waals surface area contributed by atoms with Crippen molar-refractivity contribution in [1.82, 2.24) is 5.32 Å². The molecular weight excluding hydrogens is 407 g/mol. The Hall–Kier alpha value is -2.25. The van der Waals surface area contributed by atoms with Crippen molar-refractivity contribution in [3.05, 3.63) is 48.0 Å². The first-order valence-corrected chi connectivity index (χ1v) is 10.9. The van der Waals surface area contributed by atoms with Gasteiger partial charge in [0.2, 0.25) is 0 Å². The van der Waals surface area contributed by atoms with E-state index in [1.807, 2.05) is 12.1 Å². The first-order valence-electron chi connectivity index (χ1n) is 10.9. The molecule has 3 fully saturated rings. The Labute approximate surface area is 179 Å². The molecule has 0 radical (unpaired) electrons. The predicted octanol–water partition coefficient (Wildman–Crippen LogP) is 5.42. The fourth-order valence-electron chi connectivity index (χ4n) is 4.73. The zero-order chi connectivity index (χ0) is 21.5. The third-order valence-corrected chi connectivity index (χ3v) is 6.32. The molecule has 1 spiro atoms. The van der Waals surface area contributed by atoms with Crippen LogP contribution >= 0.6 is 0 Å². The van der Waals surface area contributed by atoms with Crippen molar-refractivity contribution < 1.29 is 27.4 Å². The zero-order valence-corrected chi connectivity index (χ0v) is 17.2. The van der Waals surface area contributed by atoms with Gasteiger partial charge in [0.05, 0.1) is 18.3 Å². The monoisotopic (exact) mass is 433 g/mol. The number of benzene rings is 2. The summed E-state index contributed by atoms with van der Waals surface area (Å²) in [6.45, 7) is 2.51. The third-order valence-electron chi connectivity index (χ3n) is 6.32. The van der Waals surface area contributed by atoms with Crippen LogP contribution in [0.15, 0.2) is 42.5 Å².